The average Bonchev–Trinajstić information content (AvgIpc) is 3.42. The Hall–Kier alpha value is -4.88. The van der Waals surface area contributed by atoms with Crippen molar-refractivity contribution in [3.8, 4) is 28.4 Å². The number of halogens is 1. The van der Waals surface area contributed by atoms with Gasteiger partial charge in [0.15, 0.2) is 6.10 Å². The fourth-order valence-corrected chi connectivity index (χ4v) is 4.02. The van der Waals surface area contributed by atoms with Gasteiger partial charge in [0.25, 0.3) is 5.91 Å². The van der Waals surface area contributed by atoms with E-state index in [-0.39, 0.29) is 5.91 Å². The minimum Gasteiger partial charge on any atom is -0.489 e. The first kappa shape index (κ1) is 26.7. The molecule has 0 saturated heterocycles. The van der Waals surface area contributed by atoms with Gasteiger partial charge in [0.05, 0.1) is 11.9 Å². The van der Waals surface area contributed by atoms with E-state index in [2.05, 4.69) is 10.5 Å². The number of para-hydroxylation sites is 1. The van der Waals surface area contributed by atoms with Crippen molar-refractivity contribution in [2.24, 2.45) is 5.10 Å². The Balaban J connectivity index is 1.31. The highest BCUT2D eigenvalue weighted by atomic mass is 35.5. The summed E-state index contributed by atoms with van der Waals surface area (Å²) in [6.07, 6.45) is 2.69. The van der Waals surface area contributed by atoms with E-state index in [1.807, 2.05) is 91.1 Å². The highest BCUT2D eigenvalue weighted by Gasteiger charge is 2.15. The van der Waals surface area contributed by atoms with E-state index >= 15 is 0 Å². The van der Waals surface area contributed by atoms with E-state index in [0.717, 1.165) is 28.1 Å². The topological polar surface area (TPSA) is 77.7 Å². The molecule has 1 heterocycles. The molecule has 40 heavy (non-hydrogen) atoms. The van der Waals surface area contributed by atoms with Crippen molar-refractivity contribution in [2.75, 3.05) is 0 Å². The van der Waals surface area contributed by atoms with Crippen LogP contribution in [0.5, 0.6) is 11.5 Å². The number of carbonyl (C=O) groups excluding carboxylic acids is 1. The molecule has 5 rings (SSSR count). The van der Waals surface area contributed by atoms with Crippen LogP contribution >= 0.6 is 11.6 Å². The number of benzene rings is 4. The predicted molar refractivity (Wildman–Crippen MR) is 157 cm³/mol. The molecule has 0 aliphatic carbocycles. The molecular weight excluding hydrogens is 524 g/mol. The van der Waals surface area contributed by atoms with Gasteiger partial charge in [-0.15, -0.1) is 0 Å². The minimum absolute atomic E-state index is 0.386. The number of ether oxygens (including phenoxy) is 2. The normalized spacial score (nSPS) is 11.8. The van der Waals surface area contributed by atoms with Gasteiger partial charge >= 0.3 is 0 Å². The van der Waals surface area contributed by atoms with Crippen molar-refractivity contribution in [2.45, 2.75) is 19.6 Å². The van der Waals surface area contributed by atoms with Gasteiger partial charge in [-0.25, -0.2) is 10.1 Å². The molecular formula is C32H27ClN4O3. The molecule has 4 aromatic carbocycles. The van der Waals surface area contributed by atoms with Crippen molar-refractivity contribution >= 4 is 23.7 Å². The van der Waals surface area contributed by atoms with Crippen molar-refractivity contribution in [3.63, 3.8) is 0 Å². The molecule has 0 spiro atoms. The van der Waals surface area contributed by atoms with Gasteiger partial charge in [0.2, 0.25) is 0 Å². The second kappa shape index (κ2) is 12.8. The van der Waals surface area contributed by atoms with Crippen molar-refractivity contribution in [3.05, 3.63) is 132 Å². The maximum absolute atomic E-state index is 12.6. The summed E-state index contributed by atoms with van der Waals surface area (Å²) >= 11 is 5.91. The number of rotatable bonds is 10. The molecule has 1 unspecified atom stereocenters. The third-order valence-electron chi connectivity index (χ3n) is 6.01. The SMILES string of the molecule is CC(Oc1ccc(Cl)cc1)C(=O)N/N=C/c1cn(-c2ccccc2)nc1-c1ccc(OCc2ccccc2)cc1. The number of amides is 1. The predicted octanol–water partition coefficient (Wildman–Crippen LogP) is 6.69. The summed E-state index contributed by atoms with van der Waals surface area (Å²) in [7, 11) is 0. The van der Waals surface area contributed by atoms with Crippen LogP contribution in [0.15, 0.2) is 120 Å². The first-order valence-corrected chi connectivity index (χ1v) is 13.1. The zero-order valence-corrected chi connectivity index (χ0v) is 22.5. The third kappa shape index (κ3) is 6.95. The summed E-state index contributed by atoms with van der Waals surface area (Å²) in [4.78, 5) is 12.6. The van der Waals surface area contributed by atoms with Gasteiger partial charge in [-0.3, -0.25) is 4.79 Å². The standard InChI is InChI=1S/C32H27ClN4O3/c1-23(40-30-18-14-27(33)15-19-30)32(38)35-34-20-26-21-37(28-10-6-3-7-11-28)36-31(26)25-12-16-29(17-13-25)39-22-24-8-4-2-5-9-24/h2-21,23H,22H2,1H3,(H,35,38)/b34-20+. The van der Waals surface area contributed by atoms with Crippen LogP contribution in [0, 0.1) is 0 Å². The van der Waals surface area contributed by atoms with E-state index in [1.165, 1.54) is 0 Å². The van der Waals surface area contributed by atoms with Gasteiger partial charge in [-0.2, -0.15) is 10.2 Å². The molecule has 0 aliphatic rings. The molecule has 8 heteroatoms. The quantitative estimate of drug-likeness (QED) is 0.155. The zero-order chi connectivity index (χ0) is 27.7. The lowest BCUT2D eigenvalue weighted by Gasteiger charge is -2.12. The highest BCUT2D eigenvalue weighted by Crippen LogP contribution is 2.25. The molecule has 200 valence electrons. The van der Waals surface area contributed by atoms with Crippen LogP contribution in [0.4, 0.5) is 0 Å². The summed E-state index contributed by atoms with van der Waals surface area (Å²) in [5, 5.41) is 9.59. The third-order valence-corrected chi connectivity index (χ3v) is 6.27. The monoisotopic (exact) mass is 550 g/mol. The molecule has 1 N–H and O–H groups in total. The lowest BCUT2D eigenvalue weighted by atomic mass is 10.1. The Kier molecular flexibility index (Phi) is 8.53. The zero-order valence-electron chi connectivity index (χ0n) is 21.8. The lowest BCUT2D eigenvalue weighted by molar-refractivity contribution is -0.127. The molecule has 0 radical (unpaired) electrons. The molecule has 1 atom stereocenters. The first-order valence-electron chi connectivity index (χ1n) is 12.7. The molecule has 1 aromatic heterocycles. The van der Waals surface area contributed by atoms with E-state index in [9.17, 15) is 4.79 Å². The number of hydrogen-bond donors (Lipinski definition) is 1. The maximum atomic E-state index is 12.6. The van der Waals surface area contributed by atoms with Gasteiger partial charge in [-0.1, -0.05) is 60.1 Å². The molecule has 1 amide bonds. The molecule has 5 aromatic rings. The fourth-order valence-electron chi connectivity index (χ4n) is 3.90. The number of aromatic nitrogens is 2. The second-order valence-electron chi connectivity index (χ2n) is 8.96. The second-order valence-corrected chi connectivity index (χ2v) is 9.40. The number of hydrogen-bond acceptors (Lipinski definition) is 5. The van der Waals surface area contributed by atoms with Crippen molar-refractivity contribution in [1.29, 1.82) is 0 Å². The van der Waals surface area contributed by atoms with Crippen LogP contribution in [0.25, 0.3) is 16.9 Å². The van der Waals surface area contributed by atoms with Crippen LogP contribution in [0.2, 0.25) is 5.02 Å². The summed E-state index contributed by atoms with van der Waals surface area (Å²) in [5.74, 6) is 0.911. The van der Waals surface area contributed by atoms with E-state index in [4.69, 9.17) is 26.2 Å². The molecule has 0 aliphatic heterocycles. The van der Waals surface area contributed by atoms with E-state index in [0.29, 0.717) is 23.1 Å². The number of nitrogens with one attached hydrogen (secondary N) is 1. The van der Waals surface area contributed by atoms with Gasteiger partial charge in [-0.05, 0) is 73.2 Å². The van der Waals surface area contributed by atoms with Crippen LogP contribution in [-0.4, -0.2) is 28.0 Å². The first-order chi connectivity index (χ1) is 19.5. The smallest absolute Gasteiger partial charge is 0.280 e. The summed E-state index contributed by atoms with van der Waals surface area (Å²) in [5.41, 5.74) is 6.88. The Bertz CT molecular complexity index is 1570. The summed E-state index contributed by atoms with van der Waals surface area (Å²) in [6, 6.07) is 34.4. The molecule has 0 saturated carbocycles. The van der Waals surface area contributed by atoms with Gasteiger partial charge < -0.3 is 9.47 Å². The Morgan fingerprint density at radius 1 is 0.925 bits per heavy atom. The van der Waals surface area contributed by atoms with Crippen molar-refractivity contribution < 1.29 is 14.3 Å². The van der Waals surface area contributed by atoms with E-state index < -0.39 is 6.10 Å². The number of nitrogens with zero attached hydrogens (tertiary/aromatic N) is 3. The lowest BCUT2D eigenvalue weighted by Crippen LogP contribution is -2.33. The molecule has 7 nitrogen and oxygen atoms in total. The van der Waals surface area contributed by atoms with E-state index in [1.54, 1.807) is 42.1 Å². The Morgan fingerprint density at radius 2 is 1.57 bits per heavy atom. The summed E-state index contributed by atoms with van der Waals surface area (Å²) in [6.45, 7) is 2.14. The molecule has 0 fully saturated rings. The van der Waals surface area contributed by atoms with Crippen LogP contribution in [0.1, 0.15) is 18.1 Å². The van der Waals surface area contributed by atoms with Crippen molar-refractivity contribution in [1.82, 2.24) is 15.2 Å². The number of hydrazone groups is 1. The summed E-state index contributed by atoms with van der Waals surface area (Å²) < 4.78 is 13.4. The Morgan fingerprint density at radius 3 is 2.27 bits per heavy atom. The van der Waals surface area contributed by atoms with Gasteiger partial charge in [0, 0.05) is 22.3 Å². The number of carbonyl (C=O) groups is 1. The largest absolute Gasteiger partial charge is 0.489 e. The van der Waals surface area contributed by atoms with Gasteiger partial charge in [0.1, 0.15) is 23.8 Å². The molecule has 0 bridgehead atoms. The van der Waals surface area contributed by atoms with Crippen LogP contribution in [0.3, 0.4) is 0 Å². The Labute approximate surface area is 237 Å². The average molecular weight is 551 g/mol. The fraction of sp³-hybridized carbons (Fsp3) is 0.0938. The van der Waals surface area contributed by atoms with Crippen LogP contribution < -0.4 is 14.9 Å². The minimum atomic E-state index is -0.756. The maximum Gasteiger partial charge on any atom is 0.280 e. The van der Waals surface area contributed by atoms with Crippen LogP contribution in [-0.2, 0) is 11.4 Å². The highest BCUT2D eigenvalue weighted by molar-refractivity contribution is 6.30.